The lowest BCUT2D eigenvalue weighted by Crippen LogP contribution is -2.23. The molecule has 0 spiro atoms. The van der Waals surface area contributed by atoms with E-state index in [1.165, 1.54) is 6.07 Å². The van der Waals surface area contributed by atoms with Gasteiger partial charge in [-0.25, -0.2) is 13.2 Å². The minimum absolute atomic E-state index is 0.0687. The molecule has 0 saturated heterocycles. The zero-order valence-electron chi connectivity index (χ0n) is 11.8. The molecule has 0 aliphatic rings. The van der Waals surface area contributed by atoms with E-state index in [4.69, 9.17) is 0 Å². The highest BCUT2D eigenvalue weighted by Crippen LogP contribution is 2.30. The largest absolute Gasteiger partial charge is 0.306 e. The third-order valence-corrected chi connectivity index (χ3v) is 3.95. The fourth-order valence-corrected chi connectivity index (χ4v) is 2.95. The van der Waals surface area contributed by atoms with E-state index in [-0.39, 0.29) is 5.56 Å². The van der Waals surface area contributed by atoms with Crippen LogP contribution in [0.25, 0.3) is 0 Å². The Bertz CT molecular complexity index is 616. The van der Waals surface area contributed by atoms with Gasteiger partial charge in [0.05, 0.1) is 16.6 Å². The lowest BCUT2D eigenvalue weighted by atomic mass is 10.0. The Balaban J connectivity index is 2.48. The number of benzene rings is 1. The van der Waals surface area contributed by atoms with Crippen LogP contribution in [-0.4, -0.2) is 16.1 Å². The van der Waals surface area contributed by atoms with Gasteiger partial charge in [-0.2, -0.15) is 0 Å². The quantitative estimate of drug-likeness (QED) is 0.828. The molecule has 0 radical (unpaired) electrons. The molecular weight excluding hydrogens is 299 g/mol. The van der Waals surface area contributed by atoms with Gasteiger partial charge in [0.2, 0.25) is 0 Å². The second-order valence-electron chi connectivity index (χ2n) is 4.59. The van der Waals surface area contributed by atoms with Crippen molar-refractivity contribution in [3.63, 3.8) is 0 Å². The minimum atomic E-state index is -1.45. The van der Waals surface area contributed by atoms with E-state index >= 15 is 0 Å². The molecule has 3 nitrogen and oxygen atoms in total. The van der Waals surface area contributed by atoms with Gasteiger partial charge in [0, 0.05) is 5.56 Å². The van der Waals surface area contributed by atoms with E-state index in [1.54, 1.807) is 0 Å². The summed E-state index contributed by atoms with van der Waals surface area (Å²) in [5.74, 6) is -3.82. The van der Waals surface area contributed by atoms with Crippen LogP contribution in [0.5, 0.6) is 0 Å². The molecule has 0 bridgehead atoms. The third-order valence-electron chi connectivity index (χ3n) is 3.12. The summed E-state index contributed by atoms with van der Waals surface area (Å²) in [6, 6.07) is 1.62. The fourth-order valence-electron chi connectivity index (χ4n) is 2.16. The highest BCUT2D eigenvalue weighted by molar-refractivity contribution is 7.05. The lowest BCUT2D eigenvalue weighted by molar-refractivity contribution is 0.433. The highest BCUT2D eigenvalue weighted by Gasteiger charge is 2.25. The molecule has 0 fully saturated rings. The van der Waals surface area contributed by atoms with Crippen LogP contribution in [-0.2, 0) is 6.42 Å². The van der Waals surface area contributed by atoms with E-state index in [0.717, 1.165) is 34.6 Å². The molecule has 0 aliphatic carbocycles. The normalized spacial score (nSPS) is 12.6. The summed E-state index contributed by atoms with van der Waals surface area (Å²) < 4.78 is 44.5. The van der Waals surface area contributed by atoms with E-state index in [9.17, 15) is 13.2 Å². The van der Waals surface area contributed by atoms with Gasteiger partial charge in [-0.15, -0.1) is 5.10 Å². The number of rotatable bonds is 6. The van der Waals surface area contributed by atoms with Crippen LogP contribution in [0.4, 0.5) is 13.2 Å². The van der Waals surface area contributed by atoms with Crippen molar-refractivity contribution in [2.75, 3.05) is 6.54 Å². The van der Waals surface area contributed by atoms with Crippen molar-refractivity contribution in [2.24, 2.45) is 0 Å². The molecule has 0 aliphatic heterocycles. The van der Waals surface area contributed by atoms with Crippen LogP contribution < -0.4 is 5.32 Å². The first-order valence-corrected chi connectivity index (χ1v) is 7.55. The summed E-state index contributed by atoms with van der Waals surface area (Å²) in [6.07, 6.45) is 1.58. The summed E-state index contributed by atoms with van der Waals surface area (Å²) >= 11 is 1.14. The smallest absolute Gasteiger partial charge is 0.194 e. The van der Waals surface area contributed by atoms with Crippen molar-refractivity contribution in [3.8, 4) is 0 Å². The van der Waals surface area contributed by atoms with Gasteiger partial charge in [0.15, 0.2) is 17.5 Å². The van der Waals surface area contributed by atoms with Gasteiger partial charge < -0.3 is 5.32 Å². The van der Waals surface area contributed by atoms with E-state index < -0.39 is 23.5 Å². The summed E-state index contributed by atoms with van der Waals surface area (Å²) in [5, 5.41) is 7.13. The van der Waals surface area contributed by atoms with Crippen molar-refractivity contribution < 1.29 is 13.2 Å². The van der Waals surface area contributed by atoms with Gasteiger partial charge in [-0.05, 0) is 30.6 Å². The first-order chi connectivity index (χ1) is 10.1. The Morgan fingerprint density at radius 3 is 2.62 bits per heavy atom. The zero-order valence-corrected chi connectivity index (χ0v) is 12.6. The van der Waals surface area contributed by atoms with E-state index in [1.807, 2.05) is 13.8 Å². The Hall–Kier alpha value is -1.47. The Morgan fingerprint density at radius 1 is 1.19 bits per heavy atom. The first kappa shape index (κ1) is 15.9. The topological polar surface area (TPSA) is 37.8 Å². The van der Waals surface area contributed by atoms with Crippen LogP contribution in [0.2, 0.25) is 0 Å². The van der Waals surface area contributed by atoms with Crippen molar-refractivity contribution in [1.29, 1.82) is 0 Å². The number of nitrogens with zero attached hydrogens (tertiary/aromatic N) is 2. The number of aromatic nitrogens is 2. The summed E-state index contributed by atoms with van der Waals surface area (Å²) in [4.78, 5) is 0.739. The van der Waals surface area contributed by atoms with Crippen LogP contribution >= 0.6 is 11.5 Å². The molecule has 1 aromatic carbocycles. The molecule has 1 atom stereocenters. The maximum Gasteiger partial charge on any atom is 0.194 e. The molecule has 1 N–H and O–H groups in total. The number of hydrogen-bond acceptors (Lipinski definition) is 4. The molecule has 1 unspecified atom stereocenters. The maximum atomic E-state index is 14.1. The van der Waals surface area contributed by atoms with Crippen LogP contribution in [0.15, 0.2) is 12.1 Å². The monoisotopic (exact) mass is 315 g/mol. The molecule has 0 saturated carbocycles. The zero-order chi connectivity index (χ0) is 15.4. The van der Waals surface area contributed by atoms with Crippen molar-refractivity contribution >= 4 is 11.5 Å². The average molecular weight is 315 g/mol. The molecular formula is C14H16F3N3S. The Morgan fingerprint density at radius 2 is 1.95 bits per heavy atom. The van der Waals surface area contributed by atoms with Gasteiger partial charge in [-0.3, -0.25) is 0 Å². The van der Waals surface area contributed by atoms with Crippen molar-refractivity contribution in [2.45, 2.75) is 32.7 Å². The average Bonchev–Trinajstić information content (AvgIpc) is 2.92. The lowest BCUT2D eigenvalue weighted by Gasteiger charge is -2.18. The van der Waals surface area contributed by atoms with Crippen molar-refractivity contribution in [1.82, 2.24) is 14.9 Å². The van der Waals surface area contributed by atoms with Crippen LogP contribution in [0, 0.1) is 17.5 Å². The molecule has 2 aromatic rings. The Kier molecular flexibility index (Phi) is 5.30. The van der Waals surface area contributed by atoms with E-state index in [2.05, 4.69) is 14.9 Å². The van der Waals surface area contributed by atoms with Crippen LogP contribution in [0.1, 0.15) is 42.4 Å². The van der Waals surface area contributed by atoms with Gasteiger partial charge in [0.25, 0.3) is 0 Å². The van der Waals surface area contributed by atoms with Gasteiger partial charge in [-0.1, -0.05) is 30.8 Å². The molecule has 21 heavy (non-hydrogen) atoms. The number of aryl methyl sites for hydroxylation is 1. The molecule has 7 heteroatoms. The summed E-state index contributed by atoms with van der Waals surface area (Å²) in [7, 11) is 0. The number of halogens is 3. The van der Waals surface area contributed by atoms with Gasteiger partial charge in [0.1, 0.15) is 0 Å². The standard InChI is InChI=1S/C14H16F3N3S/c1-3-5-10-14(21-20-19-10)13(18-4-2)8-6-7-9(15)12(17)11(8)16/h6-7,13,18H,3-5H2,1-2H3. The van der Waals surface area contributed by atoms with Gasteiger partial charge >= 0.3 is 0 Å². The van der Waals surface area contributed by atoms with Crippen LogP contribution in [0.3, 0.4) is 0 Å². The molecule has 0 amide bonds. The summed E-state index contributed by atoms with van der Waals surface area (Å²) in [5.41, 5.74) is 0.830. The Labute approximate surface area is 125 Å². The minimum Gasteiger partial charge on any atom is -0.306 e. The second kappa shape index (κ2) is 7.00. The first-order valence-electron chi connectivity index (χ1n) is 6.78. The fraction of sp³-hybridized carbons (Fsp3) is 0.429. The number of nitrogens with one attached hydrogen (secondary N) is 1. The second-order valence-corrected chi connectivity index (χ2v) is 5.37. The predicted molar refractivity (Wildman–Crippen MR) is 75.7 cm³/mol. The molecule has 114 valence electrons. The third kappa shape index (κ3) is 3.24. The predicted octanol–water partition coefficient (Wildman–Crippen LogP) is 3.61. The van der Waals surface area contributed by atoms with E-state index in [0.29, 0.717) is 13.0 Å². The maximum absolute atomic E-state index is 14.1. The molecule has 2 rings (SSSR count). The number of hydrogen-bond donors (Lipinski definition) is 1. The molecule has 1 aromatic heterocycles. The highest BCUT2D eigenvalue weighted by atomic mass is 32.1. The molecule has 1 heterocycles. The SMILES string of the molecule is CCCc1nnsc1C(NCC)c1ccc(F)c(F)c1F. The van der Waals surface area contributed by atoms with Crippen molar-refractivity contribution in [3.05, 3.63) is 45.7 Å². The summed E-state index contributed by atoms with van der Waals surface area (Å²) in [6.45, 7) is 4.41.